The van der Waals surface area contributed by atoms with Crippen molar-refractivity contribution >= 4 is 66.7 Å². The molecule has 1 fully saturated rings. The number of hydrazine groups is 1. The molecule has 0 saturated carbocycles. The summed E-state index contributed by atoms with van der Waals surface area (Å²) in [4.78, 5) is 0. The average molecular weight is 446 g/mol. The van der Waals surface area contributed by atoms with Gasteiger partial charge in [-0.3, -0.25) is 0 Å². The Bertz CT molecular complexity index is 545. The quantitative estimate of drug-likeness (QED) is 0.614. The van der Waals surface area contributed by atoms with Crippen LogP contribution >= 0.6 is 49.6 Å². The molecule has 0 aliphatic carbocycles. The van der Waals surface area contributed by atoms with Crippen LogP contribution in [0.3, 0.4) is 0 Å². The van der Waals surface area contributed by atoms with Gasteiger partial charge in [0.1, 0.15) is 0 Å². The number of nitrogens with one attached hydrogen (secondary N) is 1. The summed E-state index contributed by atoms with van der Waals surface area (Å²) in [6, 6.07) is 16.3. The van der Waals surface area contributed by atoms with Crippen LogP contribution in [0.15, 0.2) is 48.5 Å². The van der Waals surface area contributed by atoms with Crippen molar-refractivity contribution in [3.8, 4) is 0 Å². The summed E-state index contributed by atoms with van der Waals surface area (Å²) in [5.74, 6) is 0.532. The van der Waals surface area contributed by atoms with Crippen molar-refractivity contribution in [2.45, 2.75) is 18.8 Å². The molecule has 1 aliphatic heterocycles. The van der Waals surface area contributed by atoms with E-state index in [0.717, 1.165) is 30.9 Å². The highest BCUT2D eigenvalue weighted by Crippen LogP contribution is 2.25. The molecular formula is C17H28Cl4N4O. The van der Waals surface area contributed by atoms with Crippen molar-refractivity contribution in [3.05, 3.63) is 54.1 Å². The van der Waals surface area contributed by atoms with Crippen molar-refractivity contribution in [2.75, 3.05) is 29.6 Å². The van der Waals surface area contributed by atoms with E-state index < -0.39 is 0 Å². The van der Waals surface area contributed by atoms with E-state index in [2.05, 4.69) is 34.7 Å². The molecule has 9 heteroatoms. The smallest absolute Gasteiger partial charge is 0.0521 e. The lowest BCUT2D eigenvalue weighted by atomic mass is 9.94. The molecular weight excluding hydrogens is 418 g/mol. The molecule has 2 aromatic rings. The van der Waals surface area contributed by atoms with Gasteiger partial charge in [-0.1, -0.05) is 12.1 Å². The molecule has 0 amide bonds. The summed E-state index contributed by atoms with van der Waals surface area (Å²) in [5, 5.41) is 2.22. The van der Waals surface area contributed by atoms with Crippen LogP contribution < -0.4 is 21.9 Å². The molecule has 1 aliphatic rings. The van der Waals surface area contributed by atoms with E-state index in [0.29, 0.717) is 5.92 Å². The zero-order chi connectivity index (χ0) is 14.7. The Morgan fingerprint density at radius 3 is 1.85 bits per heavy atom. The highest BCUT2D eigenvalue weighted by atomic mass is 35.5. The largest absolute Gasteiger partial charge is 0.412 e. The summed E-state index contributed by atoms with van der Waals surface area (Å²) < 4.78 is 0. The molecule has 150 valence electrons. The van der Waals surface area contributed by atoms with Crippen molar-refractivity contribution in [2.24, 2.45) is 0 Å². The van der Waals surface area contributed by atoms with Gasteiger partial charge >= 0.3 is 0 Å². The Labute approximate surface area is 179 Å². The lowest BCUT2D eigenvalue weighted by molar-refractivity contribution is 0.598. The standard InChI is InChI=1S/C17H22N4.4ClH.H2O/c18-15-5-3-13(4-6-15)14-2-1-11-21(20-12-14)17-9-7-16(19)8-10-17;;;;;/h3-10,14,20H,1-2,11-12,18-19H2;4*1H;1H2. The maximum absolute atomic E-state index is 5.76. The lowest BCUT2D eigenvalue weighted by Crippen LogP contribution is -2.38. The van der Waals surface area contributed by atoms with Gasteiger partial charge in [0.25, 0.3) is 0 Å². The monoisotopic (exact) mass is 444 g/mol. The molecule has 1 heterocycles. The molecule has 0 aromatic heterocycles. The van der Waals surface area contributed by atoms with Gasteiger partial charge < -0.3 is 22.0 Å². The SMILES string of the molecule is Cl.Cl.Cl.Cl.Nc1ccc(C2CCCN(c3ccc(N)cc3)NC2)cc1.O. The van der Waals surface area contributed by atoms with Crippen LogP contribution in [0.1, 0.15) is 24.3 Å². The fourth-order valence-corrected chi connectivity index (χ4v) is 2.82. The minimum absolute atomic E-state index is 0. The van der Waals surface area contributed by atoms with Gasteiger partial charge in [0.2, 0.25) is 0 Å². The molecule has 5 nitrogen and oxygen atoms in total. The topological polar surface area (TPSA) is 98.8 Å². The van der Waals surface area contributed by atoms with Crippen LogP contribution in [-0.2, 0) is 0 Å². The van der Waals surface area contributed by atoms with Gasteiger partial charge in [0.15, 0.2) is 0 Å². The maximum atomic E-state index is 5.76. The highest BCUT2D eigenvalue weighted by Gasteiger charge is 2.18. The number of anilines is 3. The van der Waals surface area contributed by atoms with Gasteiger partial charge in [0, 0.05) is 24.5 Å². The van der Waals surface area contributed by atoms with Crippen LogP contribution in [0.2, 0.25) is 0 Å². The Hall–Kier alpha value is -1.08. The third-order valence-corrected chi connectivity index (χ3v) is 4.08. The Morgan fingerprint density at radius 1 is 0.808 bits per heavy atom. The highest BCUT2D eigenvalue weighted by molar-refractivity contribution is 5.86. The van der Waals surface area contributed by atoms with Crippen molar-refractivity contribution < 1.29 is 5.48 Å². The van der Waals surface area contributed by atoms with E-state index in [-0.39, 0.29) is 55.1 Å². The van der Waals surface area contributed by atoms with E-state index in [1.54, 1.807) is 0 Å². The summed E-state index contributed by atoms with van der Waals surface area (Å²) in [6.07, 6.45) is 2.34. The molecule has 1 atom stereocenters. The van der Waals surface area contributed by atoms with Crippen LogP contribution in [0.25, 0.3) is 0 Å². The predicted molar refractivity (Wildman–Crippen MR) is 122 cm³/mol. The van der Waals surface area contributed by atoms with Crippen LogP contribution in [0.5, 0.6) is 0 Å². The van der Waals surface area contributed by atoms with Gasteiger partial charge in [-0.2, -0.15) is 0 Å². The van der Waals surface area contributed by atoms with Gasteiger partial charge in [-0.25, -0.2) is 5.43 Å². The number of rotatable bonds is 2. The molecule has 0 spiro atoms. The summed E-state index contributed by atoms with van der Waals surface area (Å²) in [6.45, 7) is 1.95. The Balaban J connectivity index is -0.00000106. The average Bonchev–Trinajstić information content (AvgIpc) is 2.75. The van der Waals surface area contributed by atoms with E-state index in [1.807, 2.05) is 24.3 Å². The first kappa shape index (κ1) is 29.7. The molecule has 1 saturated heterocycles. The second-order valence-electron chi connectivity index (χ2n) is 5.61. The minimum atomic E-state index is 0. The van der Waals surface area contributed by atoms with Gasteiger partial charge in [-0.15, -0.1) is 49.6 Å². The second-order valence-corrected chi connectivity index (χ2v) is 5.61. The predicted octanol–water partition coefficient (Wildman–Crippen LogP) is 3.60. The first-order valence-corrected chi connectivity index (χ1v) is 7.44. The normalized spacial score (nSPS) is 15.5. The number of hydrogen-bond donors (Lipinski definition) is 3. The Morgan fingerprint density at radius 2 is 1.31 bits per heavy atom. The summed E-state index contributed by atoms with van der Waals surface area (Å²) in [7, 11) is 0. The van der Waals surface area contributed by atoms with Crippen LogP contribution in [-0.4, -0.2) is 18.6 Å². The third kappa shape index (κ3) is 7.66. The maximum Gasteiger partial charge on any atom is 0.0521 e. The van der Waals surface area contributed by atoms with E-state index in [1.165, 1.54) is 17.7 Å². The second kappa shape index (κ2) is 14.0. The van der Waals surface area contributed by atoms with Crippen molar-refractivity contribution in [1.29, 1.82) is 0 Å². The van der Waals surface area contributed by atoms with Gasteiger partial charge in [0.05, 0.1) is 5.69 Å². The molecule has 2 aromatic carbocycles. The first-order chi connectivity index (χ1) is 10.2. The van der Waals surface area contributed by atoms with Crippen molar-refractivity contribution in [1.82, 2.24) is 5.43 Å². The first-order valence-electron chi connectivity index (χ1n) is 7.44. The Kier molecular flexibility index (Phi) is 16.0. The summed E-state index contributed by atoms with van der Waals surface area (Å²) in [5.41, 5.74) is 19.2. The molecule has 0 radical (unpaired) electrons. The molecule has 3 rings (SSSR count). The minimum Gasteiger partial charge on any atom is -0.412 e. The molecule has 7 N–H and O–H groups in total. The zero-order valence-electron chi connectivity index (χ0n) is 14.3. The molecule has 1 unspecified atom stereocenters. The number of benzene rings is 2. The molecule has 26 heavy (non-hydrogen) atoms. The third-order valence-electron chi connectivity index (χ3n) is 4.08. The lowest BCUT2D eigenvalue weighted by Gasteiger charge is -2.24. The molecule has 0 bridgehead atoms. The number of nitrogens with two attached hydrogens (primary N) is 2. The number of nitrogen functional groups attached to an aromatic ring is 2. The van der Waals surface area contributed by atoms with E-state index in [9.17, 15) is 0 Å². The van der Waals surface area contributed by atoms with Crippen molar-refractivity contribution in [3.63, 3.8) is 0 Å². The fraction of sp³-hybridized carbons (Fsp3) is 0.294. The van der Waals surface area contributed by atoms with E-state index in [4.69, 9.17) is 11.5 Å². The van der Waals surface area contributed by atoms with Gasteiger partial charge in [-0.05, 0) is 60.7 Å². The summed E-state index contributed by atoms with van der Waals surface area (Å²) >= 11 is 0. The number of halogens is 4. The van der Waals surface area contributed by atoms with E-state index >= 15 is 0 Å². The van der Waals surface area contributed by atoms with Crippen LogP contribution in [0, 0.1) is 0 Å². The van der Waals surface area contributed by atoms with Crippen LogP contribution in [0.4, 0.5) is 17.1 Å². The number of hydrogen-bond acceptors (Lipinski definition) is 4. The number of nitrogens with zero attached hydrogens (tertiary/aromatic N) is 1. The zero-order valence-corrected chi connectivity index (χ0v) is 17.5. The fourth-order valence-electron chi connectivity index (χ4n) is 2.82.